The van der Waals surface area contributed by atoms with E-state index in [2.05, 4.69) is 4.98 Å². The van der Waals surface area contributed by atoms with Crippen LogP contribution in [0.5, 0.6) is 11.6 Å². The summed E-state index contributed by atoms with van der Waals surface area (Å²) in [6.07, 6.45) is -49.8. The zero-order valence-electron chi connectivity index (χ0n) is 38.5. The number of nitrogens with zero attached hydrogens (tertiary/aromatic N) is 2. The first-order valence-electron chi connectivity index (χ1n) is 21.6. The summed E-state index contributed by atoms with van der Waals surface area (Å²) in [7, 11) is 0. The van der Waals surface area contributed by atoms with Crippen LogP contribution < -0.4 is 31.2 Å². The van der Waals surface area contributed by atoms with Crippen LogP contribution in [0.15, 0.2) is 152 Å². The Morgan fingerprint density at radius 1 is 0.392 bits per heavy atom. The van der Waals surface area contributed by atoms with Crippen LogP contribution in [0.1, 0.15) is 54.9 Å². The van der Waals surface area contributed by atoms with Crippen LogP contribution in [0.4, 0.5) is 105 Å². The second-order valence-corrected chi connectivity index (χ2v) is 17.0. The molecule has 0 N–H and O–H groups in total. The van der Waals surface area contributed by atoms with Crippen LogP contribution >= 0.6 is 0 Å². The van der Waals surface area contributed by atoms with Gasteiger partial charge in [-0.3, -0.25) is 4.79 Å². The molecule has 1 heterocycles. The monoisotopic (exact) mass is 1150 g/mol. The number of para-hydroxylation sites is 1. The van der Waals surface area contributed by atoms with Crippen molar-refractivity contribution in [1.82, 2.24) is 4.98 Å². The molecule has 0 radical (unpaired) electrons. The Balaban J connectivity index is 0.000000378. The van der Waals surface area contributed by atoms with Crippen molar-refractivity contribution >= 4 is 33.8 Å². The van der Waals surface area contributed by atoms with Crippen molar-refractivity contribution < 1.29 is 119 Å². The third kappa shape index (κ3) is 14.3. The average molecular weight is 1150 g/mol. The Morgan fingerprint density at radius 2 is 0.658 bits per heavy atom. The van der Waals surface area contributed by atoms with Crippen molar-refractivity contribution in [2.45, 2.75) is 56.0 Å². The van der Waals surface area contributed by atoms with Gasteiger partial charge in [0.25, 0.3) is 0 Å². The van der Waals surface area contributed by atoms with Crippen LogP contribution in [0.3, 0.4) is 0 Å². The lowest BCUT2D eigenvalue weighted by molar-refractivity contribution is -0.687. The van der Waals surface area contributed by atoms with Gasteiger partial charge in [-0.15, -0.1) is 0 Å². The summed E-state index contributed by atoms with van der Waals surface area (Å²) in [5.41, 5.74) is -29.5. The normalized spacial score (nSPS) is 13.2. The maximum Gasteiger partial charge on any atom is 0.416 e. The van der Waals surface area contributed by atoms with Crippen LogP contribution in [0.25, 0.3) is 0 Å². The maximum atomic E-state index is 14.2. The van der Waals surface area contributed by atoms with Gasteiger partial charge in [0.2, 0.25) is 12.3 Å². The first kappa shape index (κ1) is 60.5. The van der Waals surface area contributed by atoms with E-state index >= 15 is 0 Å². The number of benzene rings is 6. The molecule has 79 heavy (non-hydrogen) atoms. The Kier molecular flexibility index (Phi) is 16.4. The van der Waals surface area contributed by atoms with Gasteiger partial charge >= 0.3 is 55.3 Å². The molecule has 0 unspecified atom stereocenters. The van der Waals surface area contributed by atoms with Crippen LogP contribution in [0.2, 0.25) is 0 Å². The molecule has 6 aromatic carbocycles. The molecule has 0 spiro atoms. The van der Waals surface area contributed by atoms with E-state index in [9.17, 15) is 110 Å². The smallest absolute Gasteiger partial charge is 0.404 e. The third-order valence-electron chi connectivity index (χ3n) is 11.6. The van der Waals surface area contributed by atoms with Gasteiger partial charge in [0.1, 0.15) is 18.1 Å². The molecule has 29 heteroatoms. The van der Waals surface area contributed by atoms with E-state index in [1.807, 2.05) is 60.7 Å². The number of alkyl halides is 24. The van der Waals surface area contributed by atoms with Gasteiger partial charge in [0.15, 0.2) is 6.20 Å². The minimum absolute atomic E-state index is 0.0229. The van der Waals surface area contributed by atoms with Gasteiger partial charge in [-0.05, 0) is 36.4 Å². The molecule has 0 fully saturated rings. The van der Waals surface area contributed by atoms with Crippen molar-refractivity contribution in [1.29, 1.82) is 0 Å². The van der Waals surface area contributed by atoms with Crippen molar-refractivity contribution in [3.05, 3.63) is 202 Å². The number of hydrogen-bond acceptors (Lipinski definition) is 3. The van der Waals surface area contributed by atoms with Crippen molar-refractivity contribution in [3.63, 3.8) is 0 Å². The first-order chi connectivity index (χ1) is 36.1. The van der Waals surface area contributed by atoms with E-state index in [-0.39, 0.29) is 12.3 Å². The number of carbonyl (C=O) groups is 1. The molecule has 0 aliphatic carbocycles. The lowest BCUT2D eigenvalue weighted by Crippen LogP contribution is -2.75. The molecule has 0 aliphatic rings. The lowest BCUT2D eigenvalue weighted by atomic mass is 9.12. The molecule has 0 atom stereocenters. The van der Waals surface area contributed by atoms with E-state index < -0.39 is 195 Å². The van der Waals surface area contributed by atoms with E-state index in [0.717, 1.165) is 0 Å². The molecular formula is C50H27BF24N2O2. The van der Waals surface area contributed by atoms with Gasteiger partial charge in [-0.25, -0.2) is 4.98 Å². The number of ether oxygens (including phenoxy) is 1. The van der Waals surface area contributed by atoms with Crippen LogP contribution in [0, 0.1) is 0 Å². The van der Waals surface area contributed by atoms with Gasteiger partial charge in [0, 0.05) is 5.56 Å². The quantitative estimate of drug-likeness (QED) is 0.0626. The molecule has 4 nitrogen and oxygen atoms in total. The van der Waals surface area contributed by atoms with E-state index in [0.29, 0.717) is 17.2 Å². The molecule has 1 aromatic heterocycles. The number of rotatable bonds is 9. The first-order valence-corrected chi connectivity index (χ1v) is 21.6. The lowest BCUT2D eigenvalue weighted by Gasteiger charge is -2.46. The summed E-state index contributed by atoms with van der Waals surface area (Å²) in [4.78, 5) is 16.4. The number of carbonyl (C=O) groups excluding carboxylic acids is 1. The predicted octanol–water partition coefficient (Wildman–Crippen LogP) is 14.3. The Hall–Kier alpha value is -7.75. The second-order valence-electron chi connectivity index (χ2n) is 17.0. The van der Waals surface area contributed by atoms with E-state index in [1.54, 1.807) is 23.2 Å². The average Bonchev–Trinajstić information content (AvgIpc) is 3.55. The zero-order chi connectivity index (χ0) is 59.1. The van der Waals surface area contributed by atoms with Crippen molar-refractivity contribution in [3.8, 4) is 11.6 Å². The van der Waals surface area contributed by atoms with Crippen molar-refractivity contribution in [2.75, 3.05) is 0 Å². The fraction of sp³-hybridized carbons (Fsp3) is 0.180. The number of aromatic nitrogens is 2. The summed E-state index contributed by atoms with van der Waals surface area (Å²) >= 11 is 0. The Bertz CT molecular complexity index is 2870. The summed E-state index contributed by atoms with van der Waals surface area (Å²) in [6, 6.07) is 9.82. The molecule has 0 bridgehead atoms. The molecule has 7 aromatic rings. The van der Waals surface area contributed by atoms with Gasteiger partial charge in [-0.2, -0.15) is 132 Å². The van der Waals surface area contributed by atoms with Gasteiger partial charge < -0.3 is 4.74 Å². The topological polar surface area (TPSA) is 43.1 Å². The fourth-order valence-corrected chi connectivity index (χ4v) is 8.14. The number of halogens is 24. The minimum Gasteiger partial charge on any atom is -0.404 e. The summed E-state index contributed by atoms with van der Waals surface area (Å²) < 4.78 is 348. The van der Waals surface area contributed by atoms with E-state index in [1.165, 1.54) is 0 Å². The summed E-state index contributed by atoms with van der Waals surface area (Å²) in [5, 5.41) is 0. The van der Waals surface area contributed by atoms with Crippen LogP contribution in [-0.2, 0) is 56.0 Å². The second kappa shape index (κ2) is 21.5. The molecule has 0 aliphatic heterocycles. The molecule has 420 valence electrons. The van der Waals surface area contributed by atoms with Crippen LogP contribution in [-0.4, -0.2) is 16.9 Å². The Morgan fingerprint density at radius 3 is 0.924 bits per heavy atom. The highest BCUT2D eigenvalue weighted by Crippen LogP contribution is 2.41. The number of Topliss-reactive ketones (excluding diaryl/α,β-unsaturated/α-hetero) is 1. The predicted molar refractivity (Wildman–Crippen MR) is 232 cm³/mol. The maximum absolute atomic E-state index is 14.2. The highest BCUT2D eigenvalue weighted by molar-refractivity contribution is 7.20. The Labute approximate surface area is 427 Å². The fourth-order valence-electron chi connectivity index (χ4n) is 8.14. The number of hydrogen-bond donors (Lipinski definition) is 0. The molecule has 0 saturated heterocycles. The molecule has 0 saturated carbocycles. The largest absolute Gasteiger partial charge is 0.416 e. The molecular weight excluding hydrogens is 1130 g/mol. The number of ketones is 1. The summed E-state index contributed by atoms with van der Waals surface area (Å²) in [6.45, 7) is 0.203. The highest BCUT2D eigenvalue weighted by atomic mass is 19.4. The highest BCUT2D eigenvalue weighted by Gasteiger charge is 2.47. The van der Waals surface area contributed by atoms with E-state index in [4.69, 9.17) is 4.74 Å². The van der Waals surface area contributed by atoms with Gasteiger partial charge in [-0.1, -0.05) is 97.1 Å². The van der Waals surface area contributed by atoms with Crippen molar-refractivity contribution in [2.24, 2.45) is 0 Å². The zero-order valence-corrected chi connectivity index (χ0v) is 38.5. The molecule has 0 amide bonds. The standard InChI is InChI=1S/C32H12BF24.C18H15N2O2/c34-25(35,36)13-1-14(26(37,38)39)6-21(5-13)33(22-7-15(27(40,41)42)2-16(8-22)28(43,44)45,23-9-17(29(46,47)48)3-18(10-23)30(49,50)51)24-11-19(31(52,53)54)4-20(12-24)32(55,56)57;21-17(15-7-3-1-4-8-15)14-20-12-11-19-13-18(20)22-16-9-5-2-6-10-16/h1-12H;1-13H,14H2/q-1;+1. The minimum atomic E-state index is -6.13. The van der Waals surface area contributed by atoms with Gasteiger partial charge in [0.05, 0.1) is 50.7 Å². The molecule has 7 rings (SSSR count). The SMILES string of the molecule is FC(F)(F)c1cc([B-](c2cc(C(F)(F)F)cc(C(F)(F)F)c2)(c2cc(C(F)(F)F)cc(C(F)(F)F)c2)c2cc(C(F)(F)F)cc(C(F)(F)F)c2)cc(C(F)(F)F)c1.O=C(C[n+]1ccncc1Oc1ccccc1)c1ccccc1. The third-order valence-corrected chi connectivity index (χ3v) is 11.6. The summed E-state index contributed by atoms with van der Waals surface area (Å²) in [5.74, 6) is 1.25.